The molecule has 1 saturated heterocycles. The van der Waals surface area contributed by atoms with Gasteiger partial charge in [-0.15, -0.1) is 0 Å². The first kappa shape index (κ1) is 10.9. The van der Waals surface area contributed by atoms with Crippen molar-refractivity contribution in [3.8, 4) is 0 Å². The summed E-state index contributed by atoms with van der Waals surface area (Å²) in [7, 11) is 0. The lowest BCUT2D eigenvalue weighted by Crippen LogP contribution is -2.48. The van der Waals surface area contributed by atoms with E-state index in [9.17, 15) is 18.0 Å². The lowest BCUT2D eigenvalue weighted by Gasteiger charge is -2.27. The first-order chi connectivity index (χ1) is 7.59. The molecule has 16 heavy (non-hydrogen) atoms. The maximum atomic E-state index is 13.4. The van der Waals surface area contributed by atoms with E-state index in [0.717, 1.165) is 4.90 Å². The van der Waals surface area contributed by atoms with Gasteiger partial charge in [0.1, 0.15) is 5.82 Å². The van der Waals surface area contributed by atoms with E-state index in [1.165, 1.54) is 0 Å². The van der Waals surface area contributed by atoms with Gasteiger partial charge < -0.3 is 10.2 Å². The van der Waals surface area contributed by atoms with Crippen LogP contribution in [-0.4, -0.2) is 25.5 Å². The van der Waals surface area contributed by atoms with Crippen LogP contribution in [0.1, 0.15) is 0 Å². The number of nitrogens with one attached hydrogen (secondary N) is 1. The van der Waals surface area contributed by atoms with Gasteiger partial charge >= 0.3 is 0 Å². The predicted octanol–water partition coefficient (Wildman–Crippen LogP) is 1.04. The zero-order valence-electron chi connectivity index (χ0n) is 8.27. The zero-order valence-corrected chi connectivity index (χ0v) is 8.27. The minimum absolute atomic E-state index is 0.0679. The van der Waals surface area contributed by atoms with Gasteiger partial charge in [-0.2, -0.15) is 0 Å². The fourth-order valence-corrected chi connectivity index (χ4v) is 1.58. The summed E-state index contributed by atoms with van der Waals surface area (Å²) in [6.45, 7) is 0.795. The van der Waals surface area contributed by atoms with Crippen LogP contribution < -0.4 is 10.2 Å². The normalized spacial score (nSPS) is 16.7. The Morgan fingerprint density at radius 1 is 1.12 bits per heavy atom. The van der Waals surface area contributed by atoms with Crippen molar-refractivity contribution in [2.45, 2.75) is 0 Å². The van der Waals surface area contributed by atoms with Crippen molar-refractivity contribution >= 4 is 11.6 Å². The topological polar surface area (TPSA) is 32.3 Å². The molecule has 2 rings (SSSR count). The van der Waals surface area contributed by atoms with Gasteiger partial charge in [-0.05, 0) is 0 Å². The smallest absolute Gasteiger partial charge is 0.241 e. The molecule has 0 spiro atoms. The van der Waals surface area contributed by atoms with Gasteiger partial charge in [0.25, 0.3) is 0 Å². The highest BCUT2D eigenvalue weighted by molar-refractivity contribution is 5.95. The first-order valence-corrected chi connectivity index (χ1v) is 4.75. The summed E-state index contributed by atoms with van der Waals surface area (Å²) in [5.74, 6) is -3.73. The van der Waals surface area contributed by atoms with Crippen LogP contribution in [0.25, 0.3) is 0 Å². The van der Waals surface area contributed by atoms with Crippen LogP contribution in [0.2, 0.25) is 0 Å². The lowest BCUT2D eigenvalue weighted by atomic mass is 10.2. The third-order valence-corrected chi connectivity index (χ3v) is 2.37. The van der Waals surface area contributed by atoms with Crippen LogP contribution in [-0.2, 0) is 4.79 Å². The summed E-state index contributed by atoms with van der Waals surface area (Å²) < 4.78 is 39.0. The molecule has 0 saturated carbocycles. The van der Waals surface area contributed by atoms with Crippen molar-refractivity contribution in [2.24, 2.45) is 0 Å². The lowest BCUT2D eigenvalue weighted by molar-refractivity contribution is -0.118. The third kappa shape index (κ3) is 1.88. The standard InChI is InChI=1S/C10H9F3N2O/c11-6-3-8(13)9(4-7(6)12)15-2-1-14-5-10(15)16/h3-4,14H,1-2,5H2. The Balaban J connectivity index is 2.39. The van der Waals surface area contributed by atoms with Crippen LogP contribution in [0, 0.1) is 17.5 Å². The third-order valence-electron chi connectivity index (χ3n) is 2.37. The number of anilines is 1. The molecule has 1 heterocycles. The molecule has 1 amide bonds. The monoisotopic (exact) mass is 230 g/mol. The number of rotatable bonds is 1. The molecule has 1 aliphatic rings. The summed E-state index contributed by atoms with van der Waals surface area (Å²) in [5, 5.41) is 2.80. The van der Waals surface area contributed by atoms with Crippen molar-refractivity contribution in [1.82, 2.24) is 5.32 Å². The van der Waals surface area contributed by atoms with Gasteiger partial charge in [0.15, 0.2) is 11.6 Å². The molecule has 86 valence electrons. The molecule has 0 bridgehead atoms. The van der Waals surface area contributed by atoms with Crippen LogP contribution in [0.15, 0.2) is 12.1 Å². The molecule has 0 aliphatic carbocycles. The molecule has 0 radical (unpaired) electrons. The molecular weight excluding hydrogens is 221 g/mol. The fraction of sp³-hybridized carbons (Fsp3) is 0.300. The Hall–Kier alpha value is -1.56. The highest BCUT2D eigenvalue weighted by Crippen LogP contribution is 2.23. The van der Waals surface area contributed by atoms with E-state index >= 15 is 0 Å². The van der Waals surface area contributed by atoms with Crippen molar-refractivity contribution in [3.63, 3.8) is 0 Å². The SMILES string of the molecule is O=C1CNCCN1c1cc(F)c(F)cc1F. The van der Waals surface area contributed by atoms with Gasteiger partial charge in [0, 0.05) is 25.2 Å². The van der Waals surface area contributed by atoms with E-state index in [-0.39, 0.29) is 24.7 Å². The molecule has 1 fully saturated rings. The number of hydrogen-bond acceptors (Lipinski definition) is 2. The number of benzene rings is 1. The summed E-state index contributed by atoms with van der Waals surface area (Å²) >= 11 is 0. The van der Waals surface area contributed by atoms with E-state index in [0.29, 0.717) is 18.7 Å². The molecule has 1 N–H and O–H groups in total. The summed E-state index contributed by atoms with van der Waals surface area (Å²) in [5.41, 5.74) is -0.217. The van der Waals surface area contributed by atoms with Crippen LogP contribution in [0.4, 0.5) is 18.9 Å². The van der Waals surface area contributed by atoms with Crippen LogP contribution in [0.5, 0.6) is 0 Å². The second-order valence-corrected chi connectivity index (χ2v) is 3.44. The number of halogens is 3. The number of carbonyl (C=O) groups excluding carboxylic acids is 1. The average Bonchev–Trinajstić information content (AvgIpc) is 2.25. The van der Waals surface area contributed by atoms with Crippen LogP contribution >= 0.6 is 0 Å². The molecule has 3 nitrogen and oxygen atoms in total. The molecule has 0 unspecified atom stereocenters. The van der Waals surface area contributed by atoms with Gasteiger partial charge in [-0.3, -0.25) is 4.79 Å². The minimum atomic E-state index is -1.26. The highest BCUT2D eigenvalue weighted by Gasteiger charge is 2.23. The fourth-order valence-electron chi connectivity index (χ4n) is 1.58. The Bertz CT molecular complexity index is 436. The van der Waals surface area contributed by atoms with E-state index in [4.69, 9.17) is 0 Å². The van der Waals surface area contributed by atoms with E-state index < -0.39 is 17.5 Å². The molecule has 6 heteroatoms. The average molecular weight is 230 g/mol. The second kappa shape index (κ2) is 4.13. The van der Waals surface area contributed by atoms with Gasteiger partial charge in [0.05, 0.1) is 12.2 Å². The van der Waals surface area contributed by atoms with Crippen molar-refractivity contribution in [2.75, 3.05) is 24.5 Å². The number of nitrogens with zero attached hydrogens (tertiary/aromatic N) is 1. The first-order valence-electron chi connectivity index (χ1n) is 4.75. The molecule has 1 aliphatic heterocycles. The molecular formula is C10H9F3N2O. The highest BCUT2D eigenvalue weighted by atomic mass is 19.2. The number of hydrogen-bond donors (Lipinski definition) is 1. The Morgan fingerprint density at radius 3 is 2.50 bits per heavy atom. The molecule has 0 atom stereocenters. The van der Waals surface area contributed by atoms with E-state index in [1.807, 2.05) is 0 Å². The molecule has 1 aromatic carbocycles. The number of piperazine rings is 1. The zero-order chi connectivity index (χ0) is 11.7. The van der Waals surface area contributed by atoms with Crippen molar-refractivity contribution in [3.05, 3.63) is 29.6 Å². The van der Waals surface area contributed by atoms with Gasteiger partial charge in [-0.1, -0.05) is 0 Å². The Morgan fingerprint density at radius 2 is 1.81 bits per heavy atom. The van der Waals surface area contributed by atoms with Crippen LogP contribution in [0.3, 0.4) is 0 Å². The summed E-state index contributed by atoms with van der Waals surface area (Å²) in [6, 6.07) is 1.15. The quantitative estimate of drug-likeness (QED) is 0.731. The second-order valence-electron chi connectivity index (χ2n) is 3.44. The maximum Gasteiger partial charge on any atom is 0.241 e. The molecule has 0 aromatic heterocycles. The van der Waals surface area contributed by atoms with E-state index in [2.05, 4.69) is 5.32 Å². The predicted molar refractivity (Wildman–Crippen MR) is 51.5 cm³/mol. The van der Waals surface area contributed by atoms with E-state index in [1.54, 1.807) is 0 Å². The Kier molecular flexibility index (Phi) is 2.82. The maximum absolute atomic E-state index is 13.4. The summed E-state index contributed by atoms with van der Waals surface area (Å²) in [6.07, 6.45) is 0. The van der Waals surface area contributed by atoms with Crippen molar-refractivity contribution < 1.29 is 18.0 Å². The van der Waals surface area contributed by atoms with Crippen molar-refractivity contribution in [1.29, 1.82) is 0 Å². The Labute approximate surface area is 89.9 Å². The van der Waals surface area contributed by atoms with Gasteiger partial charge in [-0.25, -0.2) is 13.2 Å². The minimum Gasteiger partial charge on any atom is -0.307 e. The molecule has 1 aromatic rings. The largest absolute Gasteiger partial charge is 0.307 e. The number of carbonyl (C=O) groups is 1. The summed E-state index contributed by atoms with van der Waals surface area (Å²) in [4.78, 5) is 12.5. The van der Waals surface area contributed by atoms with Gasteiger partial charge in [0.2, 0.25) is 5.91 Å². The number of amides is 1.